The maximum absolute atomic E-state index is 6.19. The van der Waals surface area contributed by atoms with Gasteiger partial charge in [0.15, 0.2) is 11.5 Å². The van der Waals surface area contributed by atoms with Crippen molar-refractivity contribution in [1.82, 2.24) is 10.2 Å². The van der Waals surface area contributed by atoms with Crippen molar-refractivity contribution in [1.29, 1.82) is 0 Å². The van der Waals surface area contributed by atoms with Crippen LogP contribution >= 0.6 is 15.9 Å². The molecule has 2 fully saturated rings. The van der Waals surface area contributed by atoms with Crippen molar-refractivity contribution in [2.45, 2.75) is 12.2 Å². The van der Waals surface area contributed by atoms with E-state index in [-0.39, 0.29) is 12.2 Å². The SMILES string of the molecule is COc1cc(Br)cc(C2CNCCO2)c1OC1CN(C)C1. The number of hydrogen-bond donors (Lipinski definition) is 1. The molecule has 0 spiro atoms. The number of methoxy groups -OCH3 is 1. The molecule has 116 valence electrons. The maximum atomic E-state index is 6.19. The Labute approximate surface area is 133 Å². The fourth-order valence-electron chi connectivity index (χ4n) is 2.75. The first-order valence-corrected chi connectivity index (χ1v) is 8.01. The van der Waals surface area contributed by atoms with Crippen LogP contribution in [0.2, 0.25) is 0 Å². The van der Waals surface area contributed by atoms with Gasteiger partial charge in [0.05, 0.1) is 19.8 Å². The molecule has 0 radical (unpaired) electrons. The Kier molecular flexibility index (Phi) is 4.69. The second kappa shape index (κ2) is 6.52. The number of ether oxygens (including phenoxy) is 3. The summed E-state index contributed by atoms with van der Waals surface area (Å²) in [6.07, 6.45) is 0.221. The van der Waals surface area contributed by atoms with E-state index in [4.69, 9.17) is 14.2 Å². The molecule has 2 heterocycles. The molecule has 0 saturated carbocycles. The molecule has 21 heavy (non-hydrogen) atoms. The van der Waals surface area contributed by atoms with Crippen molar-refractivity contribution >= 4 is 15.9 Å². The normalized spacial score (nSPS) is 23.7. The predicted octanol–water partition coefficient (Wildman–Crippen LogP) is 1.81. The molecule has 1 aromatic rings. The summed E-state index contributed by atoms with van der Waals surface area (Å²) in [6, 6.07) is 4.01. The van der Waals surface area contributed by atoms with E-state index >= 15 is 0 Å². The highest BCUT2D eigenvalue weighted by Gasteiger charge is 2.29. The van der Waals surface area contributed by atoms with Gasteiger partial charge in [-0.1, -0.05) is 15.9 Å². The fraction of sp³-hybridized carbons (Fsp3) is 0.600. The van der Waals surface area contributed by atoms with Crippen LogP contribution in [0.5, 0.6) is 11.5 Å². The summed E-state index contributed by atoms with van der Waals surface area (Å²) in [5.41, 5.74) is 1.04. The van der Waals surface area contributed by atoms with Crippen LogP contribution in [0.15, 0.2) is 16.6 Å². The van der Waals surface area contributed by atoms with Crippen molar-refractivity contribution in [3.05, 3.63) is 22.2 Å². The van der Waals surface area contributed by atoms with E-state index in [0.29, 0.717) is 6.61 Å². The van der Waals surface area contributed by atoms with Crippen molar-refractivity contribution in [3.8, 4) is 11.5 Å². The van der Waals surface area contributed by atoms with Crippen LogP contribution in [0.1, 0.15) is 11.7 Å². The molecule has 1 aromatic carbocycles. The highest BCUT2D eigenvalue weighted by atomic mass is 79.9. The Bertz CT molecular complexity index is 500. The first-order valence-electron chi connectivity index (χ1n) is 7.22. The smallest absolute Gasteiger partial charge is 0.167 e. The second-order valence-corrected chi connectivity index (χ2v) is 6.47. The van der Waals surface area contributed by atoms with Crippen LogP contribution in [0.4, 0.5) is 0 Å². The number of likely N-dealkylation sites (tertiary alicyclic amines) is 1. The summed E-state index contributed by atoms with van der Waals surface area (Å²) in [4.78, 5) is 2.23. The zero-order valence-corrected chi connectivity index (χ0v) is 14.0. The second-order valence-electron chi connectivity index (χ2n) is 5.55. The quantitative estimate of drug-likeness (QED) is 0.891. The van der Waals surface area contributed by atoms with Gasteiger partial charge in [-0.3, -0.25) is 4.90 Å². The molecule has 6 heteroatoms. The van der Waals surface area contributed by atoms with Crippen molar-refractivity contribution in [2.24, 2.45) is 0 Å². The summed E-state index contributed by atoms with van der Waals surface area (Å²) in [5, 5.41) is 3.36. The molecule has 2 saturated heterocycles. The third-order valence-corrected chi connectivity index (χ3v) is 4.32. The summed E-state index contributed by atoms with van der Waals surface area (Å²) < 4.78 is 18.6. The van der Waals surface area contributed by atoms with E-state index in [1.165, 1.54) is 0 Å². The van der Waals surface area contributed by atoms with Gasteiger partial charge in [-0.15, -0.1) is 0 Å². The lowest BCUT2D eigenvalue weighted by Gasteiger charge is -2.37. The van der Waals surface area contributed by atoms with E-state index < -0.39 is 0 Å². The summed E-state index contributed by atoms with van der Waals surface area (Å²) in [7, 11) is 3.76. The monoisotopic (exact) mass is 356 g/mol. The van der Waals surface area contributed by atoms with Gasteiger partial charge in [0.2, 0.25) is 0 Å². The van der Waals surface area contributed by atoms with E-state index in [1.54, 1.807) is 7.11 Å². The lowest BCUT2D eigenvalue weighted by atomic mass is 10.1. The molecule has 0 bridgehead atoms. The fourth-order valence-corrected chi connectivity index (χ4v) is 3.21. The Morgan fingerprint density at radius 3 is 2.81 bits per heavy atom. The average Bonchev–Trinajstić information content (AvgIpc) is 2.47. The largest absolute Gasteiger partial charge is 0.493 e. The molecule has 2 aliphatic rings. The lowest BCUT2D eigenvalue weighted by molar-refractivity contribution is 0.0143. The number of rotatable bonds is 4. The summed E-state index contributed by atoms with van der Waals surface area (Å²) >= 11 is 3.54. The van der Waals surface area contributed by atoms with Crippen LogP contribution in [-0.4, -0.2) is 57.9 Å². The maximum Gasteiger partial charge on any atom is 0.167 e. The van der Waals surface area contributed by atoms with E-state index in [1.807, 2.05) is 6.07 Å². The molecule has 1 unspecified atom stereocenters. The molecule has 2 aliphatic heterocycles. The Morgan fingerprint density at radius 1 is 1.38 bits per heavy atom. The number of halogens is 1. The number of likely N-dealkylation sites (N-methyl/N-ethyl adjacent to an activating group) is 1. The average molecular weight is 357 g/mol. The number of morpholine rings is 1. The van der Waals surface area contributed by atoms with Crippen molar-refractivity contribution in [3.63, 3.8) is 0 Å². The third kappa shape index (κ3) is 3.34. The standard InChI is InChI=1S/C15H21BrN2O3/c1-18-8-11(9-18)21-15-12(14-7-17-3-4-20-14)5-10(16)6-13(15)19-2/h5-6,11,14,17H,3-4,7-9H2,1-2H3. The predicted molar refractivity (Wildman–Crippen MR) is 84.2 cm³/mol. The van der Waals surface area contributed by atoms with E-state index in [2.05, 4.69) is 39.3 Å². The van der Waals surface area contributed by atoms with Crippen molar-refractivity contribution < 1.29 is 14.2 Å². The molecule has 3 rings (SSSR count). The molecule has 0 amide bonds. The minimum Gasteiger partial charge on any atom is -0.493 e. The minimum atomic E-state index is -0.00189. The first-order chi connectivity index (χ1) is 10.2. The van der Waals surface area contributed by atoms with Gasteiger partial charge < -0.3 is 19.5 Å². The van der Waals surface area contributed by atoms with Gasteiger partial charge in [-0.05, 0) is 19.2 Å². The van der Waals surface area contributed by atoms with Crippen LogP contribution in [0, 0.1) is 0 Å². The van der Waals surface area contributed by atoms with Crippen LogP contribution < -0.4 is 14.8 Å². The molecule has 0 aliphatic carbocycles. The molecular formula is C15H21BrN2O3. The van der Waals surface area contributed by atoms with Gasteiger partial charge in [-0.25, -0.2) is 0 Å². The Balaban J connectivity index is 1.89. The van der Waals surface area contributed by atoms with Gasteiger partial charge in [-0.2, -0.15) is 0 Å². The highest BCUT2D eigenvalue weighted by Crippen LogP contribution is 2.40. The number of nitrogens with zero attached hydrogens (tertiary/aromatic N) is 1. The number of benzene rings is 1. The summed E-state index contributed by atoms with van der Waals surface area (Å²) in [5.74, 6) is 1.57. The van der Waals surface area contributed by atoms with Crippen LogP contribution in [-0.2, 0) is 4.74 Å². The van der Waals surface area contributed by atoms with Gasteiger partial charge in [0, 0.05) is 36.2 Å². The highest BCUT2D eigenvalue weighted by molar-refractivity contribution is 9.10. The van der Waals surface area contributed by atoms with Gasteiger partial charge in [0.25, 0.3) is 0 Å². The van der Waals surface area contributed by atoms with Crippen molar-refractivity contribution in [2.75, 3.05) is 46.9 Å². The van der Waals surface area contributed by atoms with Gasteiger partial charge in [0.1, 0.15) is 6.10 Å². The molecule has 1 N–H and O–H groups in total. The minimum absolute atomic E-state index is 0.00189. The van der Waals surface area contributed by atoms with Crippen LogP contribution in [0.3, 0.4) is 0 Å². The topological polar surface area (TPSA) is 43.0 Å². The molecular weight excluding hydrogens is 336 g/mol. The number of nitrogens with one attached hydrogen (secondary N) is 1. The van der Waals surface area contributed by atoms with E-state index in [0.717, 1.165) is 47.7 Å². The Hall–Kier alpha value is -0.820. The third-order valence-electron chi connectivity index (χ3n) is 3.86. The molecule has 1 atom stereocenters. The zero-order valence-electron chi connectivity index (χ0n) is 12.4. The lowest BCUT2D eigenvalue weighted by Crippen LogP contribution is -2.51. The van der Waals surface area contributed by atoms with E-state index in [9.17, 15) is 0 Å². The zero-order chi connectivity index (χ0) is 14.8. The molecule has 0 aromatic heterocycles. The van der Waals surface area contributed by atoms with Crippen LogP contribution in [0.25, 0.3) is 0 Å². The Morgan fingerprint density at radius 2 is 2.19 bits per heavy atom. The van der Waals surface area contributed by atoms with Gasteiger partial charge >= 0.3 is 0 Å². The molecule has 5 nitrogen and oxygen atoms in total. The summed E-state index contributed by atoms with van der Waals surface area (Å²) in [6.45, 7) is 4.29. The number of hydrogen-bond acceptors (Lipinski definition) is 5. The first kappa shape index (κ1) is 15.1.